The van der Waals surface area contributed by atoms with Crippen LogP contribution in [-0.4, -0.2) is 27.8 Å². The van der Waals surface area contributed by atoms with Gasteiger partial charge >= 0.3 is 0 Å². The second-order valence-electron chi connectivity index (χ2n) is 5.35. The van der Waals surface area contributed by atoms with E-state index in [9.17, 15) is 4.79 Å². The molecular formula is C19H18BrN3O2S. The van der Waals surface area contributed by atoms with Crippen molar-refractivity contribution < 1.29 is 9.53 Å². The van der Waals surface area contributed by atoms with Crippen LogP contribution in [0.2, 0.25) is 0 Å². The van der Waals surface area contributed by atoms with Gasteiger partial charge in [-0.2, -0.15) is 0 Å². The Labute approximate surface area is 164 Å². The van der Waals surface area contributed by atoms with Gasteiger partial charge in [0, 0.05) is 28.2 Å². The topological polar surface area (TPSA) is 56.2 Å². The van der Waals surface area contributed by atoms with Gasteiger partial charge in [0.1, 0.15) is 5.75 Å². The second kappa shape index (κ2) is 8.91. The van der Waals surface area contributed by atoms with Gasteiger partial charge < -0.3 is 10.1 Å². The first kappa shape index (κ1) is 18.5. The van der Waals surface area contributed by atoms with Crippen molar-refractivity contribution in [1.82, 2.24) is 9.55 Å². The average molecular weight is 432 g/mol. The molecule has 1 aromatic heterocycles. The van der Waals surface area contributed by atoms with E-state index in [2.05, 4.69) is 26.2 Å². The number of ether oxygens (including phenoxy) is 1. The number of thioether (sulfide) groups is 1. The molecule has 0 atom stereocenters. The first-order chi connectivity index (χ1) is 12.7. The summed E-state index contributed by atoms with van der Waals surface area (Å²) < 4.78 is 8.39. The Morgan fingerprint density at radius 2 is 1.92 bits per heavy atom. The van der Waals surface area contributed by atoms with Crippen molar-refractivity contribution in [2.45, 2.75) is 12.1 Å². The van der Waals surface area contributed by atoms with Crippen molar-refractivity contribution in [1.29, 1.82) is 0 Å². The van der Waals surface area contributed by atoms with E-state index in [0.717, 1.165) is 26.8 Å². The van der Waals surface area contributed by atoms with Crippen molar-refractivity contribution in [2.75, 3.05) is 17.7 Å². The van der Waals surface area contributed by atoms with E-state index in [-0.39, 0.29) is 11.7 Å². The minimum atomic E-state index is -0.0708. The lowest BCUT2D eigenvalue weighted by Gasteiger charge is -2.09. The van der Waals surface area contributed by atoms with Gasteiger partial charge in [0.2, 0.25) is 5.91 Å². The normalized spacial score (nSPS) is 10.5. The molecule has 0 spiro atoms. The van der Waals surface area contributed by atoms with E-state index in [1.54, 1.807) is 6.20 Å². The van der Waals surface area contributed by atoms with E-state index < -0.39 is 0 Å². The molecule has 0 fully saturated rings. The lowest BCUT2D eigenvalue weighted by Crippen LogP contribution is -2.14. The third-order valence-electron chi connectivity index (χ3n) is 3.49. The third-order valence-corrected chi connectivity index (χ3v) is 4.99. The summed E-state index contributed by atoms with van der Waals surface area (Å²) in [6.07, 6.45) is 3.61. The minimum Gasteiger partial charge on any atom is -0.494 e. The van der Waals surface area contributed by atoms with Gasteiger partial charge in [-0.25, -0.2) is 4.98 Å². The van der Waals surface area contributed by atoms with Gasteiger partial charge in [-0.3, -0.25) is 9.36 Å². The Balaban J connectivity index is 1.61. The predicted molar refractivity (Wildman–Crippen MR) is 108 cm³/mol. The Morgan fingerprint density at radius 1 is 1.19 bits per heavy atom. The Bertz CT molecular complexity index is 863. The number of hydrogen-bond acceptors (Lipinski definition) is 4. The summed E-state index contributed by atoms with van der Waals surface area (Å²) in [6.45, 7) is 2.59. The van der Waals surface area contributed by atoms with Crippen LogP contribution in [0.3, 0.4) is 0 Å². The molecule has 5 nitrogen and oxygen atoms in total. The number of nitrogens with zero attached hydrogens (tertiary/aromatic N) is 2. The fraction of sp³-hybridized carbons (Fsp3) is 0.158. The number of hydrogen-bond donors (Lipinski definition) is 1. The van der Waals surface area contributed by atoms with Crippen LogP contribution in [0, 0.1) is 0 Å². The Hall–Kier alpha value is -2.25. The molecule has 1 amide bonds. The first-order valence-electron chi connectivity index (χ1n) is 8.10. The lowest BCUT2D eigenvalue weighted by molar-refractivity contribution is -0.113. The molecule has 0 aliphatic heterocycles. The van der Waals surface area contributed by atoms with Crippen LogP contribution in [0.25, 0.3) is 5.69 Å². The highest BCUT2D eigenvalue weighted by Gasteiger charge is 2.09. The predicted octanol–water partition coefficient (Wildman–Crippen LogP) is 4.76. The molecular weight excluding hydrogens is 414 g/mol. The molecule has 7 heteroatoms. The van der Waals surface area contributed by atoms with Gasteiger partial charge in [-0.05, 0) is 55.5 Å². The van der Waals surface area contributed by atoms with Crippen LogP contribution in [0.5, 0.6) is 5.75 Å². The van der Waals surface area contributed by atoms with Crippen molar-refractivity contribution >= 4 is 39.3 Å². The highest BCUT2D eigenvalue weighted by atomic mass is 79.9. The zero-order chi connectivity index (χ0) is 18.4. The molecule has 134 valence electrons. The highest BCUT2D eigenvalue weighted by Crippen LogP contribution is 2.23. The van der Waals surface area contributed by atoms with Gasteiger partial charge in [-0.15, -0.1) is 0 Å². The molecule has 0 saturated heterocycles. The summed E-state index contributed by atoms with van der Waals surface area (Å²) in [5.41, 5.74) is 1.75. The molecule has 0 aliphatic carbocycles. The smallest absolute Gasteiger partial charge is 0.234 e. The van der Waals surface area contributed by atoms with Crippen LogP contribution in [0.15, 0.2) is 70.6 Å². The monoisotopic (exact) mass is 431 g/mol. The van der Waals surface area contributed by atoms with Crippen LogP contribution in [-0.2, 0) is 4.79 Å². The van der Waals surface area contributed by atoms with E-state index in [4.69, 9.17) is 4.74 Å². The highest BCUT2D eigenvalue weighted by molar-refractivity contribution is 9.10. The van der Waals surface area contributed by atoms with Gasteiger partial charge in [0.15, 0.2) is 5.16 Å². The van der Waals surface area contributed by atoms with Crippen molar-refractivity contribution in [3.05, 3.63) is 65.4 Å². The number of rotatable bonds is 7. The largest absolute Gasteiger partial charge is 0.494 e. The molecule has 3 aromatic rings. The zero-order valence-corrected chi connectivity index (χ0v) is 16.6. The van der Waals surface area contributed by atoms with Gasteiger partial charge in [-0.1, -0.05) is 27.7 Å². The number of nitrogens with one attached hydrogen (secondary N) is 1. The summed E-state index contributed by atoms with van der Waals surface area (Å²) in [7, 11) is 0. The standard InChI is InChI=1S/C19H18BrN3O2S/c1-2-25-17-9-7-16(8-10-17)23-12-11-21-19(23)26-13-18(24)22-15-5-3-14(20)4-6-15/h3-12H,2,13H2,1H3,(H,22,24). The number of carbonyl (C=O) groups is 1. The molecule has 0 aliphatic rings. The lowest BCUT2D eigenvalue weighted by atomic mass is 10.3. The van der Waals surface area contributed by atoms with E-state index >= 15 is 0 Å². The van der Waals surface area contributed by atoms with Crippen LogP contribution in [0.4, 0.5) is 5.69 Å². The van der Waals surface area contributed by atoms with Crippen molar-refractivity contribution in [3.63, 3.8) is 0 Å². The summed E-state index contributed by atoms with van der Waals surface area (Å²) in [5.74, 6) is 1.04. The summed E-state index contributed by atoms with van der Waals surface area (Å²) in [6, 6.07) is 15.3. The summed E-state index contributed by atoms with van der Waals surface area (Å²) in [5, 5.41) is 3.64. The number of imidazole rings is 1. The molecule has 0 bridgehead atoms. The third kappa shape index (κ3) is 4.89. The SMILES string of the molecule is CCOc1ccc(-n2ccnc2SCC(=O)Nc2ccc(Br)cc2)cc1. The van der Waals surface area contributed by atoms with Crippen molar-refractivity contribution in [2.24, 2.45) is 0 Å². The molecule has 26 heavy (non-hydrogen) atoms. The fourth-order valence-electron chi connectivity index (χ4n) is 2.32. The Kier molecular flexibility index (Phi) is 6.35. The van der Waals surface area contributed by atoms with Gasteiger partial charge in [0.05, 0.1) is 12.4 Å². The fourth-order valence-corrected chi connectivity index (χ4v) is 3.36. The number of benzene rings is 2. The average Bonchev–Trinajstić information content (AvgIpc) is 3.11. The zero-order valence-electron chi connectivity index (χ0n) is 14.2. The summed E-state index contributed by atoms with van der Waals surface area (Å²) in [4.78, 5) is 16.5. The number of amides is 1. The maximum Gasteiger partial charge on any atom is 0.234 e. The molecule has 1 N–H and O–H groups in total. The molecule has 0 saturated carbocycles. The van der Waals surface area contributed by atoms with E-state index in [1.165, 1.54) is 11.8 Å². The van der Waals surface area contributed by atoms with E-state index in [1.807, 2.05) is 66.2 Å². The molecule has 0 unspecified atom stereocenters. The molecule has 2 aromatic carbocycles. The van der Waals surface area contributed by atoms with Crippen LogP contribution in [0.1, 0.15) is 6.92 Å². The maximum atomic E-state index is 12.2. The minimum absolute atomic E-state index is 0.0708. The summed E-state index contributed by atoms with van der Waals surface area (Å²) >= 11 is 4.77. The molecule has 0 radical (unpaired) electrons. The quantitative estimate of drug-likeness (QED) is 0.547. The molecule has 1 heterocycles. The number of halogens is 1. The first-order valence-corrected chi connectivity index (χ1v) is 9.88. The number of aromatic nitrogens is 2. The Morgan fingerprint density at radius 3 is 2.62 bits per heavy atom. The number of anilines is 1. The van der Waals surface area contributed by atoms with E-state index in [0.29, 0.717) is 6.61 Å². The molecule has 3 rings (SSSR count). The van der Waals surface area contributed by atoms with Crippen LogP contribution >= 0.6 is 27.7 Å². The maximum absolute atomic E-state index is 12.2. The second-order valence-corrected chi connectivity index (χ2v) is 7.21. The van der Waals surface area contributed by atoms with Crippen molar-refractivity contribution in [3.8, 4) is 11.4 Å². The van der Waals surface area contributed by atoms with Crippen LogP contribution < -0.4 is 10.1 Å². The number of carbonyl (C=O) groups excluding carboxylic acids is 1. The van der Waals surface area contributed by atoms with Gasteiger partial charge in [0.25, 0.3) is 0 Å².